The van der Waals surface area contributed by atoms with Gasteiger partial charge in [0.15, 0.2) is 0 Å². The van der Waals surface area contributed by atoms with Gasteiger partial charge in [0.05, 0.1) is 5.69 Å². The number of hydrogen-bond acceptors (Lipinski definition) is 2. The fourth-order valence-corrected chi connectivity index (χ4v) is 1.76. The van der Waals surface area contributed by atoms with Crippen LogP contribution < -0.4 is 4.90 Å². The molecule has 2 rings (SSSR count). The minimum Gasteiger partial charge on any atom is -0.367 e. The average molecular weight is 238 g/mol. The molecule has 0 radical (unpaired) electrons. The maximum absolute atomic E-state index is 13.4. The Balaban J connectivity index is 0.000000437. The highest BCUT2D eigenvalue weighted by Gasteiger charge is 2.16. The first-order valence-electron chi connectivity index (χ1n) is 6.37. The molecule has 1 aromatic carbocycles. The van der Waals surface area contributed by atoms with E-state index in [0.717, 1.165) is 31.9 Å². The van der Waals surface area contributed by atoms with Gasteiger partial charge >= 0.3 is 0 Å². The first-order chi connectivity index (χ1) is 8.19. The normalized spacial score (nSPS) is 16.4. The first kappa shape index (κ1) is 14.0. The van der Waals surface area contributed by atoms with Crippen LogP contribution in [0.3, 0.4) is 0 Å². The van der Waals surface area contributed by atoms with E-state index >= 15 is 0 Å². The van der Waals surface area contributed by atoms with Crippen molar-refractivity contribution < 1.29 is 4.39 Å². The summed E-state index contributed by atoms with van der Waals surface area (Å²) >= 11 is 0. The minimum absolute atomic E-state index is 0.114. The molecule has 1 aromatic rings. The lowest BCUT2D eigenvalue weighted by Crippen LogP contribution is -2.44. The molecule has 17 heavy (non-hydrogen) atoms. The van der Waals surface area contributed by atoms with Gasteiger partial charge in [0.2, 0.25) is 0 Å². The number of para-hydroxylation sites is 1. The lowest BCUT2D eigenvalue weighted by molar-refractivity contribution is 0.311. The van der Waals surface area contributed by atoms with Gasteiger partial charge in [-0.15, -0.1) is 0 Å². The van der Waals surface area contributed by atoms with Crippen molar-refractivity contribution in [1.29, 1.82) is 0 Å². The van der Waals surface area contributed by atoms with Crippen molar-refractivity contribution in [2.24, 2.45) is 0 Å². The lowest BCUT2D eigenvalue weighted by atomic mass is 10.2. The molecule has 1 aliphatic rings. The molecule has 1 aliphatic heterocycles. The van der Waals surface area contributed by atoms with Crippen LogP contribution in [0.2, 0.25) is 0 Å². The Hall–Kier alpha value is -1.09. The van der Waals surface area contributed by atoms with Gasteiger partial charge in [0.25, 0.3) is 0 Å². The van der Waals surface area contributed by atoms with Crippen molar-refractivity contribution >= 4 is 5.69 Å². The quantitative estimate of drug-likeness (QED) is 0.742. The van der Waals surface area contributed by atoms with E-state index in [2.05, 4.69) is 30.7 Å². The topological polar surface area (TPSA) is 6.48 Å². The number of halogens is 1. The van der Waals surface area contributed by atoms with Crippen LogP contribution in [-0.2, 0) is 0 Å². The molecular formula is C14H23FN2. The molecule has 0 amide bonds. The molecule has 0 atom stereocenters. The third kappa shape index (κ3) is 4.35. The Labute approximate surface area is 104 Å². The third-order valence-electron chi connectivity index (χ3n) is 2.70. The van der Waals surface area contributed by atoms with Gasteiger partial charge in [-0.1, -0.05) is 32.4 Å². The zero-order valence-corrected chi connectivity index (χ0v) is 11.1. The fourth-order valence-electron chi connectivity index (χ4n) is 1.76. The largest absolute Gasteiger partial charge is 0.367 e. The molecule has 0 aromatic heterocycles. The maximum atomic E-state index is 13.4. The zero-order valence-electron chi connectivity index (χ0n) is 11.1. The second-order valence-electron chi connectivity index (χ2n) is 4.45. The summed E-state index contributed by atoms with van der Waals surface area (Å²) in [6, 6.07) is 6.99. The van der Waals surface area contributed by atoms with Crippen molar-refractivity contribution in [2.75, 3.05) is 38.1 Å². The number of hydrogen-bond donors (Lipinski definition) is 0. The van der Waals surface area contributed by atoms with Gasteiger partial charge in [0, 0.05) is 26.2 Å². The summed E-state index contributed by atoms with van der Waals surface area (Å²) in [4.78, 5) is 4.37. The van der Waals surface area contributed by atoms with E-state index in [4.69, 9.17) is 0 Å². The SMILES string of the molecule is CCC.CN1CCN(c2ccccc2F)CC1. The minimum atomic E-state index is -0.114. The third-order valence-corrected chi connectivity index (χ3v) is 2.70. The number of rotatable bonds is 1. The number of nitrogens with zero attached hydrogens (tertiary/aromatic N) is 2. The van der Waals surface area contributed by atoms with Crippen molar-refractivity contribution in [3.05, 3.63) is 30.1 Å². The molecule has 3 heteroatoms. The molecule has 1 heterocycles. The van der Waals surface area contributed by atoms with Crippen LogP contribution in [0.25, 0.3) is 0 Å². The van der Waals surface area contributed by atoms with E-state index < -0.39 is 0 Å². The Morgan fingerprint density at radius 3 is 2.12 bits per heavy atom. The highest BCUT2D eigenvalue weighted by atomic mass is 19.1. The van der Waals surface area contributed by atoms with Gasteiger partial charge in [0.1, 0.15) is 5.82 Å². The van der Waals surface area contributed by atoms with Gasteiger partial charge in [-0.3, -0.25) is 0 Å². The Bertz CT molecular complexity index is 320. The van der Waals surface area contributed by atoms with E-state index in [1.165, 1.54) is 12.5 Å². The predicted octanol–water partition coefficient (Wildman–Crippen LogP) is 2.99. The van der Waals surface area contributed by atoms with Gasteiger partial charge < -0.3 is 9.80 Å². The first-order valence-corrected chi connectivity index (χ1v) is 6.37. The molecule has 1 saturated heterocycles. The molecule has 0 N–H and O–H groups in total. The molecule has 0 aliphatic carbocycles. The van der Waals surface area contributed by atoms with E-state index in [9.17, 15) is 4.39 Å². The monoisotopic (exact) mass is 238 g/mol. The van der Waals surface area contributed by atoms with Crippen LogP contribution in [0, 0.1) is 5.82 Å². The second kappa shape index (κ2) is 7.28. The van der Waals surface area contributed by atoms with Gasteiger partial charge in [-0.2, -0.15) is 0 Å². The van der Waals surface area contributed by atoms with Crippen LogP contribution >= 0.6 is 0 Å². The summed E-state index contributed by atoms with van der Waals surface area (Å²) in [6.07, 6.45) is 1.25. The highest BCUT2D eigenvalue weighted by Crippen LogP contribution is 2.19. The molecule has 0 spiro atoms. The number of piperazine rings is 1. The smallest absolute Gasteiger partial charge is 0.146 e. The van der Waals surface area contributed by atoms with Crippen LogP contribution in [0.4, 0.5) is 10.1 Å². The van der Waals surface area contributed by atoms with Gasteiger partial charge in [-0.25, -0.2) is 4.39 Å². The molecule has 1 fully saturated rings. The summed E-state index contributed by atoms with van der Waals surface area (Å²) in [5.41, 5.74) is 0.737. The molecular weight excluding hydrogens is 215 g/mol. The van der Waals surface area contributed by atoms with Crippen molar-refractivity contribution in [3.63, 3.8) is 0 Å². The summed E-state index contributed by atoms with van der Waals surface area (Å²) in [6.45, 7) is 8.09. The Morgan fingerprint density at radius 2 is 1.59 bits per heavy atom. The molecule has 0 unspecified atom stereocenters. The number of likely N-dealkylation sites (N-methyl/N-ethyl adjacent to an activating group) is 1. The van der Waals surface area contributed by atoms with E-state index in [0.29, 0.717) is 0 Å². The lowest BCUT2D eigenvalue weighted by Gasteiger charge is -2.34. The summed E-state index contributed by atoms with van der Waals surface area (Å²) in [5.74, 6) is -0.114. The van der Waals surface area contributed by atoms with E-state index in [-0.39, 0.29) is 5.82 Å². The van der Waals surface area contributed by atoms with Crippen molar-refractivity contribution in [1.82, 2.24) is 4.90 Å². The van der Waals surface area contributed by atoms with E-state index in [1.807, 2.05) is 12.1 Å². The maximum Gasteiger partial charge on any atom is 0.146 e. The van der Waals surface area contributed by atoms with Gasteiger partial charge in [-0.05, 0) is 19.2 Å². The van der Waals surface area contributed by atoms with Crippen LogP contribution in [0.15, 0.2) is 24.3 Å². The molecule has 0 bridgehead atoms. The summed E-state index contributed by atoms with van der Waals surface area (Å²) < 4.78 is 13.4. The summed E-state index contributed by atoms with van der Waals surface area (Å²) in [5, 5.41) is 0. The number of anilines is 1. The molecule has 2 nitrogen and oxygen atoms in total. The molecule has 0 saturated carbocycles. The Kier molecular flexibility index (Phi) is 5.98. The average Bonchev–Trinajstić information content (AvgIpc) is 2.32. The van der Waals surface area contributed by atoms with Crippen LogP contribution in [0.5, 0.6) is 0 Å². The number of benzene rings is 1. The standard InChI is InChI=1S/C11H15FN2.C3H8/c1-13-6-8-14(9-7-13)11-5-3-2-4-10(11)12;1-3-2/h2-5H,6-9H2,1H3;3H2,1-2H3. The van der Waals surface area contributed by atoms with Crippen LogP contribution in [-0.4, -0.2) is 38.1 Å². The zero-order chi connectivity index (χ0) is 12.7. The van der Waals surface area contributed by atoms with Crippen molar-refractivity contribution in [2.45, 2.75) is 20.3 Å². The van der Waals surface area contributed by atoms with E-state index in [1.54, 1.807) is 6.07 Å². The fraction of sp³-hybridized carbons (Fsp3) is 0.571. The predicted molar refractivity (Wildman–Crippen MR) is 72.1 cm³/mol. The van der Waals surface area contributed by atoms with Crippen LogP contribution in [0.1, 0.15) is 20.3 Å². The van der Waals surface area contributed by atoms with Crippen molar-refractivity contribution in [3.8, 4) is 0 Å². The molecule has 96 valence electrons. The highest BCUT2D eigenvalue weighted by molar-refractivity contribution is 5.47. The second-order valence-corrected chi connectivity index (χ2v) is 4.45. The Morgan fingerprint density at radius 1 is 1.06 bits per heavy atom. The summed E-state index contributed by atoms with van der Waals surface area (Å²) in [7, 11) is 2.10.